The van der Waals surface area contributed by atoms with Crippen molar-refractivity contribution in [2.75, 3.05) is 0 Å². The third-order valence-electron chi connectivity index (χ3n) is 2.14. The number of carbonyl (C=O) groups excluding carboxylic acids is 1. The summed E-state index contributed by atoms with van der Waals surface area (Å²) in [6.07, 6.45) is 1.21. The van der Waals surface area contributed by atoms with Crippen molar-refractivity contribution in [3.05, 3.63) is 27.7 Å². The first kappa shape index (κ1) is 14.3. The molecule has 0 heterocycles. The number of benzene rings is 1. The van der Waals surface area contributed by atoms with Crippen LogP contribution in [-0.2, 0) is 0 Å². The van der Waals surface area contributed by atoms with Crippen LogP contribution in [0, 0.1) is 0 Å². The fraction of sp³-hybridized carbons (Fsp3) is 0.462. The van der Waals surface area contributed by atoms with Crippen LogP contribution in [0.1, 0.15) is 44.0 Å². The van der Waals surface area contributed by atoms with Gasteiger partial charge in [0.05, 0.1) is 16.7 Å². The number of halogens is 2. The molecule has 0 fully saturated rings. The van der Waals surface area contributed by atoms with Crippen LogP contribution in [0.3, 0.4) is 0 Å². The number of ketones is 1. The third kappa shape index (κ3) is 3.90. The number of rotatable bonds is 5. The van der Waals surface area contributed by atoms with Gasteiger partial charge in [-0.05, 0) is 32.4 Å². The van der Waals surface area contributed by atoms with Gasteiger partial charge < -0.3 is 4.74 Å². The standard InChI is InChI=1S/C13H16Cl2O2/c1-4-5-12(16)10-6-9(14)7-11(15)13(10)17-8(2)3/h6-8H,4-5H2,1-3H3. The zero-order chi connectivity index (χ0) is 13.0. The minimum absolute atomic E-state index is 0.00699. The van der Waals surface area contributed by atoms with Gasteiger partial charge in [0, 0.05) is 11.4 Å². The molecule has 0 saturated carbocycles. The van der Waals surface area contributed by atoms with Gasteiger partial charge in [-0.15, -0.1) is 0 Å². The second kappa shape index (κ2) is 6.27. The normalized spacial score (nSPS) is 10.7. The van der Waals surface area contributed by atoms with Crippen molar-refractivity contribution in [3.63, 3.8) is 0 Å². The number of ether oxygens (including phenoxy) is 1. The molecule has 2 nitrogen and oxygen atoms in total. The fourth-order valence-electron chi connectivity index (χ4n) is 1.48. The molecule has 0 aliphatic carbocycles. The van der Waals surface area contributed by atoms with E-state index >= 15 is 0 Å². The summed E-state index contributed by atoms with van der Waals surface area (Å²) in [5, 5.41) is 0.830. The molecule has 0 aliphatic rings. The summed E-state index contributed by atoms with van der Waals surface area (Å²) in [6, 6.07) is 3.20. The summed E-state index contributed by atoms with van der Waals surface area (Å²) >= 11 is 12.0. The Hall–Kier alpha value is -0.730. The Morgan fingerprint density at radius 1 is 1.35 bits per heavy atom. The summed E-state index contributed by atoms with van der Waals surface area (Å²) < 4.78 is 5.59. The topological polar surface area (TPSA) is 26.3 Å². The van der Waals surface area contributed by atoms with Gasteiger partial charge in [0.2, 0.25) is 0 Å². The molecule has 4 heteroatoms. The van der Waals surface area contributed by atoms with Crippen molar-refractivity contribution in [3.8, 4) is 5.75 Å². The molecule has 0 spiro atoms. The maximum absolute atomic E-state index is 12.0. The van der Waals surface area contributed by atoms with Crippen molar-refractivity contribution in [1.82, 2.24) is 0 Å². The molecular weight excluding hydrogens is 259 g/mol. The zero-order valence-corrected chi connectivity index (χ0v) is 11.7. The highest BCUT2D eigenvalue weighted by Gasteiger charge is 2.17. The molecule has 1 rings (SSSR count). The molecule has 0 N–H and O–H groups in total. The number of hydrogen-bond donors (Lipinski definition) is 0. The third-order valence-corrected chi connectivity index (χ3v) is 2.64. The largest absolute Gasteiger partial charge is 0.489 e. The Labute approximate surface area is 112 Å². The van der Waals surface area contributed by atoms with Crippen molar-refractivity contribution in [2.45, 2.75) is 39.7 Å². The lowest BCUT2D eigenvalue weighted by Gasteiger charge is -2.15. The lowest BCUT2D eigenvalue weighted by Crippen LogP contribution is -2.10. The van der Waals surface area contributed by atoms with Gasteiger partial charge in [-0.1, -0.05) is 30.1 Å². The molecule has 0 unspecified atom stereocenters. The predicted molar refractivity (Wildman–Crippen MR) is 71.5 cm³/mol. The van der Waals surface area contributed by atoms with Crippen LogP contribution in [0.25, 0.3) is 0 Å². The lowest BCUT2D eigenvalue weighted by molar-refractivity contribution is 0.0976. The fourth-order valence-corrected chi connectivity index (χ4v) is 2.02. The lowest BCUT2D eigenvalue weighted by atomic mass is 10.1. The van der Waals surface area contributed by atoms with Crippen LogP contribution in [0.4, 0.5) is 0 Å². The highest BCUT2D eigenvalue weighted by atomic mass is 35.5. The van der Waals surface area contributed by atoms with E-state index in [0.717, 1.165) is 6.42 Å². The first-order valence-corrected chi connectivity index (χ1v) is 6.40. The minimum atomic E-state index is -0.0400. The van der Waals surface area contributed by atoms with E-state index in [1.165, 1.54) is 0 Å². The monoisotopic (exact) mass is 274 g/mol. The molecule has 94 valence electrons. The highest BCUT2D eigenvalue weighted by molar-refractivity contribution is 6.36. The van der Waals surface area contributed by atoms with E-state index in [1.54, 1.807) is 12.1 Å². The molecule has 0 aromatic heterocycles. The van der Waals surface area contributed by atoms with Crippen LogP contribution >= 0.6 is 23.2 Å². The van der Waals surface area contributed by atoms with Gasteiger partial charge in [-0.3, -0.25) is 4.79 Å². The summed E-state index contributed by atoms with van der Waals surface area (Å²) in [4.78, 5) is 12.0. The summed E-state index contributed by atoms with van der Waals surface area (Å²) in [6.45, 7) is 5.73. The van der Waals surface area contributed by atoms with Gasteiger partial charge in [-0.2, -0.15) is 0 Å². The van der Waals surface area contributed by atoms with E-state index in [4.69, 9.17) is 27.9 Å². The quantitative estimate of drug-likeness (QED) is 0.724. The average Bonchev–Trinajstić information content (AvgIpc) is 2.21. The van der Waals surface area contributed by atoms with Gasteiger partial charge in [-0.25, -0.2) is 0 Å². The van der Waals surface area contributed by atoms with E-state index in [1.807, 2.05) is 20.8 Å². The molecule has 0 atom stereocenters. The van der Waals surface area contributed by atoms with E-state index in [2.05, 4.69) is 0 Å². The maximum atomic E-state index is 12.0. The zero-order valence-electron chi connectivity index (χ0n) is 10.2. The van der Waals surface area contributed by atoms with Crippen LogP contribution in [0.2, 0.25) is 10.0 Å². The van der Waals surface area contributed by atoms with Crippen LogP contribution < -0.4 is 4.74 Å². The molecule has 17 heavy (non-hydrogen) atoms. The van der Waals surface area contributed by atoms with Crippen LogP contribution in [0.15, 0.2) is 12.1 Å². The number of carbonyl (C=O) groups is 1. The molecule has 0 saturated heterocycles. The molecule has 1 aromatic carbocycles. The first-order valence-electron chi connectivity index (χ1n) is 5.64. The van der Waals surface area contributed by atoms with E-state index in [0.29, 0.717) is 27.8 Å². The smallest absolute Gasteiger partial charge is 0.166 e. The van der Waals surface area contributed by atoms with Crippen molar-refractivity contribution >= 4 is 29.0 Å². The molecular formula is C13H16Cl2O2. The molecule has 0 aliphatic heterocycles. The summed E-state index contributed by atoms with van der Waals surface area (Å²) in [7, 11) is 0. The van der Waals surface area contributed by atoms with E-state index in [-0.39, 0.29) is 11.9 Å². The minimum Gasteiger partial charge on any atom is -0.489 e. The number of hydrogen-bond acceptors (Lipinski definition) is 2. The second-order valence-corrected chi connectivity index (χ2v) is 4.95. The highest BCUT2D eigenvalue weighted by Crippen LogP contribution is 2.34. The van der Waals surface area contributed by atoms with Gasteiger partial charge in [0.25, 0.3) is 0 Å². The maximum Gasteiger partial charge on any atom is 0.166 e. The molecule has 0 amide bonds. The van der Waals surface area contributed by atoms with Crippen LogP contribution in [0.5, 0.6) is 5.75 Å². The van der Waals surface area contributed by atoms with Gasteiger partial charge in [0.15, 0.2) is 5.78 Å². The average molecular weight is 275 g/mol. The van der Waals surface area contributed by atoms with Gasteiger partial charge >= 0.3 is 0 Å². The Kier molecular flexibility index (Phi) is 5.29. The summed E-state index contributed by atoms with van der Waals surface area (Å²) in [5.41, 5.74) is 0.470. The Morgan fingerprint density at radius 2 is 2.00 bits per heavy atom. The van der Waals surface area contributed by atoms with E-state index < -0.39 is 0 Å². The van der Waals surface area contributed by atoms with Gasteiger partial charge in [0.1, 0.15) is 5.75 Å². The molecule has 0 bridgehead atoms. The van der Waals surface area contributed by atoms with Crippen molar-refractivity contribution in [2.24, 2.45) is 0 Å². The predicted octanol–water partition coefficient (Wildman–Crippen LogP) is 4.76. The number of Topliss-reactive ketones (excluding diaryl/α,β-unsaturated/α-hetero) is 1. The Morgan fingerprint density at radius 3 is 2.53 bits per heavy atom. The summed E-state index contributed by atoms with van der Waals surface area (Å²) in [5.74, 6) is 0.442. The molecule has 1 aromatic rings. The Balaban J connectivity index is 3.19. The van der Waals surface area contributed by atoms with Crippen molar-refractivity contribution < 1.29 is 9.53 Å². The Bertz CT molecular complexity index is 414. The first-order chi connectivity index (χ1) is 7.95. The SMILES string of the molecule is CCCC(=O)c1cc(Cl)cc(Cl)c1OC(C)C. The van der Waals surface area contributed by atoms with Crippen molar-refractivity contribution in [1.29, 1.82) is 0 Å². The van der Waals surface area contributed by atoms with E-state index in [9.17, 15) is 4.79 Å². The molecule has 0 radical (unpaired) electrons. The van der Waals surface area contributed by atoms with Crippen LogP contribution in [-0.4, -0.2) is 11.9 Å². The second-order valence-electron chi connectivity index (χ2n) is 4.10.